The van der Waals surface area contributed by atoms with Crippen LogP contribution in [0.3, 0.4) is 0 Å². The van der Waals surface area contributed by atoms with E-state index in [1.165, 1.54) is 0 Å². The molecule has 94 valence electrons. The van der Waals surface area contributed by atoms with E-state index in [1.54, 1.807) is 12.4 Å². The SMILES string of the molecule is c1cc(Cc2noc(C3CCNCC3)n2)ccn1. The summed E-state index contributed by atoms with van der Waals surface area (Å²) >= 11 is 0. The highest BCUT2D eigenvalue weighted by Crippen LogP contribution is 2.23. The Hall–Kier alpha value is -1.75. The van der Waals surface area contributed by atoms with Gasteiger partial charge < -0.3 is 9.84 Å². The number of nitrogens with zero attached hydrogens (tertiary/aromatic N) is 3. The summed E-state index contributed by atoms with van der Waals surface area (Å²) in [7, 11) is 0. The van der Waals surface area contributed by atoms with E-state index in [0.717, 1.165) is 43.2 Å². The van der Waals surface area contributed by atoms with Gasteiger partial charge in [0.1, 0.15) is 0 Å². The molecule has 2 aromatic heterocycles. The molecular weight excluding hydrogens is 228 g/mol. The third-order valence-electron chi connectivity index (χ3n) is 3.28. The quantitative estimate of drug-likeness (QED) is 0.887. The predicted octanol–water partition coefficient (Wildman–Crippen LogP) is 1.52. The lowest BCUT2D eigenvalue weighted by Crippen LogP contribution is -2.26. The van der Waals surface area contributed by atoms with Gasteiger partial charge in [0.2, 0.25) is 5.89 Å². The molecule has 1 aliphatic rings. The highest BCUT2D eigenvalue weighted by molar-refractivity contribution is 5.15. The van der Waals surface area contributed by atoms with E-state index in [-0.39, 0.29) is 0 Å². The van der Waals surface area contributed by atoms with Crippen molar-refractivity contribution in [1.82, 2.24) is 20.4 Å². The average molecular weight is 244 g/mol. The van der Waals surface area contributed by atoms with E-state index in [4.69, 9.17) is 4.52 Å². The second-order valence-electron chi connectivity index (χ2n) is 4.61. The first-order valence-corrected chi connectivity index (χ1v) is 6.34. The molecule has 3 heterocycles. The minimum absolute atomic E-state index is 0.421. The van der Waals surface area contributed by atoms with Crippen LogP contribution in [-0.4, -0.2) is 28.2 Å². The van der Waals surface area contributed by atoms with Crippen molar-refractivity contribution < 1.29 is 4.52 Å². The van der Waals surface area contributed by atoms with E-state index in [1.807, 2.05) is 12.1 Å². The van der Waals surface area contributed by atoms with E-state index < -0.39 is 0 Å². The molecule has 18 heavy (non-hydrogen) atoms. The number of hydrogen-bond acceptors (Lipinski definition) is 5. The van der Waals surface area contributed by atoms with Crippen LogP contribution in [0.4, 0.5) is 0 Å². The monoisotopic (exact) mass is 244 g/mol. The summed E-state index contributed by atoms with van der Waals surface area (Å²) in [5, 5.41) is 7.39. The molecule has 2 aromatic rings. The van der Waals surface area contributed by atoms with Crippen molar-refractivity contribution in [2.45, 2.75) is 25.2 Å². The molecule has 3 rings (SSSR count). The molecule has 0 atom stereocenters. The fourth-order valence-corrected chi connectivity index (χ4v) is 2.26. The van der Waals surface area contributed by atoms with Crippen molar-refractivity contribution in [2.24, 2.45) is 0 Å². The Morgan fingerprint density at radius 2 is 2.00 bits per heavy atom. The number of aromatic nitrogens is 3. The van der Waals surface area contributed by atoms with Crippen LogP contribution in [0.15, 0.2) is 29.0 Å². The largest absolute Gasteiger partial charge is 0.339 e. The highest BCUT2D eigenvalue weighted by Gasteiger charge is 2.21. The van der Waals surface area contributed by atoms with E-state index in [9.17, 15) is 0 Å². The first-order valence-electron chi connectivity index (χ1n) is 6.34. The fourth-order valence-electron chi connectivity index (χ4n) is 2.26. The lowest BCUT2D eigenvalue weighted by molar-refractivity contribution is 0.318. The average Bonchev–Trinajstić information content (AvgIpc) is 2.89. The van der Waals surface area contributed by atoms with Gasteiger partial charge in [-0.2, -0.15) is 4.98 Å². The number of piperidine rings is 1. The maximum atomic E-state index is 5.37. The lowest BCUT2D eigenvalue weighted by Gasteiger charge is -2.18. The second kappa shape index (κ2) is 5.27. The summed E-state index contributed by atoms with van der Waals surface area (Å²) in [5.74, 6) is 1.97. The molecule has 5 nitrogen and oxygen atoms in total. The van der Waals surface area contributed by atoms with Crippen LogP contribution >= 0.6 is 0 Å². The zero-order chi connectivity index (χ0) is 12.2. The van der Waals surface area contributed by atoms with E-state index in [2.05, 4.69) is 20.4 Å². The van der Waals surface area contributed by atoms with E-state index in [0.29, 0.717) is 12.3 Å². The number of rotatable bonds is 3. The smallest absolute Gasteiger partial charge is 0.229 e. The maximum absolute atomic E-state index is 5.37. The molecule has 0 aromatic carbocycles. The second-order valence-corrected chi connectivity index (χ2v) is 4.61. The van der Waals surface area contributed by atoms with Crippen LogP contribution in [0.1, 0.15) is 36.0 Å². The van der Waals surface area contributed by atoms with Crippen molar-refractivity contribution >= 4 is 0 Å². The van der Waals surface area contributed by atoms with Gasteiger partial charge in [-0.15, -0.1) is 0 Å². The molecule has 0 aliphatic carbocycles. The zero-order valence-electron chi connectivity index (χ0n) is 10.2. The van der Waals surface area contributed by atoms with Crippen LogP contribution in [0.5, 0.6) is 0 Å². The topological polar surface area (TPSA) is 63.8 Å². The van der Waals surface area contributed by atoms with Gasteiger partial charge >= 0.3 is 0 Å². The summed E-state index contributed by atoms with van der Waals surface area (Å²) in [6.07, 6.45) is 6.43. The Bertz CT molecular complexity index is 491. The van der Waals surface area contributed by atoms with Crippen molar-refractivity contribution in [3.05, 3.63) is 41.8 Å². The Morgan fingerprint density at radius 3 is 2.78 bits per heavy atom. The molecule has 1 N–H and O–H groups in total. The highest BCUT2D eigenvalue weighted by atomic mass is 16.5. The van der Waals surface area contributed by atoms with Crippen LogP contribution in [-0.2, 0) is 6.42 Å². The number of nitrogens with one attached hydrogen (secondary N) is 1. The van der Waals surface area contributed by atoms with Crippen LogP contribution in [0.25, 0.3) is 0 Å². The maximum Gasteiger partial charge on any atom is 0.229 e. The van der Waals surface area contributed by atoms with Crippen molar-refractivity contribution in [2.75, 3.05) is 13.1 Å². The normalized spacial score (nSPS) is 16.9. The molecular formula is C13H16N4O. The van der Waals surface area contributed by atoms with Crippen LogP contribution in [0.2, 0.25) is 0 Å². The number of hydrogen-bond donors (Lipinski definition) is 1. The van der Waals surface area contributed by atoms with Crippen molar-refractivity contribution in [3.63, 3.8) is 0 Å². The summed E-state index contributed by atoms with van der Waals surface area (Å²) in [4.78, 5) is 8.50. The molecule has 1 aliphatic heterocycles. The third kappa shape index (κ3) is 2.56. The molecule has 0 radical (unpaired) electrons. The van der Waals surface area contributed by atoms with E-state index >= 15 is 0 Å². The van der Waals surface area contributed by atoms with Gasteiger partial charge in [0, 0.05) is 24.7 Å². The third-order valence-corrected chi connectivity index (χ3v) is 3.28. The first-order chi connectivity index (χ1) is 8.92. The summed E-state index contributed by atoms with van der Waals surface area (Å²) in [5.41, 5.74) is 1.16. The summed E-state index contributed by atoms with van der Waals surface area (Å²) in [6, 6.07) is 3.95. The molecule has 0 amide bonds. The molecule has 1 fully saturated rings. The van der Waals surface area contributed by atoms with Gasteiger partial charge in [0.15, 0.2) is 5.82 Å². The Labute approximate surface area is 106 Å². The van der Waals surface area contributed by atoms with Crippen LogP contribution in [0, 0.1) is 0 Å². The van der Waals surface area contributed by atoms with Gasteiger partial charge in [-0.25, -0.2) is 0 Å². The van der Waals surface area contributed by atoms with Gasteiger partial charge in [-0.05, 0) is 43.6 Å². The predicted molar refractivity (Wildman–Crippen MR) is 66.2 cm³/mol. The Kier molecular flexibility index (Phi) is 3.32. The van der Waals surface area contributed by atoms with Gasteiger partial charge in [-0.1, -0.05) is 5.16 Å². The van der Waals surface area contributed by atoms with Gasteiger partial charge in [0.05, 0.1) is 0 Å². The molecule has 0 saturated carbocycles. The van der Waals surface area contributed by atoms with Crippen molar-refractivity contribution in [3.8, 4) is 0 Å². The minimum Gasteiger partial charge on any atom is -0.339 e. The van der Waals surface area contributed by atoms with Crippen molar-refractivity contribution in [1.29, 1.82) is 0 Å². The molecule has 5 heteroatoms. The fraction of sp³-hybridized carbons (Fsp3) is 0.462. The summed E-state index contributed by atoms with van der Waals surface area (Å²) in [6.45, 7) is 2.07. The molecule has 0 unspecified atom stereocenters. The molecule has 1 saturated heterocycles. The molecule has 0 bridgehead atoms. The standard InChI is InChI=1S/C13H16N4O/c1-5-14-6-2-10(1)9-12-16-13(18-17-12)11-3-7-15-8-4-11/h1-2,5-6,11,15H,3-4,7-9H2. The van der Waals surface area contributed by atoms with Crippen LogP contribution < -0.4 is 5.32 Å². The number of pyridine rings is 1. The lowest BCUT2D eigenvalue weighted by atomic mass is 9.98. The minimum atomic E-state index is 0.421. The van der Waals surface area contributed by atoms with Gasteiger partial charge in [0.25, 0.3) is 0 Å². The Morgan fingerprint density at radius 1 is 1.22 bits per heavy atom. The van der Waals surface area contributed by atoms with Gasteiger partial charge in [-0.3, -0.25) is 4.98 Å². The zero-order valence-corrected chi connectivity index (χ0v) is 10.2. The Balaban J connectivity index is 1.69. The summed E-state index contributed by atoms with van der Waals surface area (Å²) < 4.78 is 5.37. The molecule has 0 spiro atoms. The first kappa shape index (κ1) is 11.3.